The first-order valence-corrected chi connectivity index (χ1v) is 13.2. The Balaban J connectivity index is 1.64. The van der Waals surface area contributed by atoms with E-state index in [2.05, 4.69) is 25.0 Å². The number of phosphoric ester groups is 1. The Kier molecular flexibility index (Phi) is 8.00. The lowest BCUT2D eigenvalue weighted by atomic mass is 9.93. The van der Waals surface area contributed by atoms with Gasteiger partial charge < -0.3 is 24.8 Å². The van der Waals surface area contributed by atoms with E-state index in [4.69, 9.17) is 40.4 Å². The molecule has 4 rings (SSSR count). The number of methoxy groups -OCH3 is 1. The summed E-state index contributed by atoms with van der Waals surface area (Å²) in [6.45, 7) is 4.32. The molecule has 0 bridgehead atoms. The van der Waals surface area contributed by atoms with Crippen molar-refractivity contribution in [2.75, 3.05) is 19.5 Å². The fraction of sp³-hybridized carbons (Fsp3) is 0.476. The summed E-state index contributed by atoms with van der Waals surface area (Å²) in [6.07, 6.45) is -2.87. The van der Waals surface area contributed by atoms with Crippen LogP contribution in [0.2, 0.25) is 5.02 Å². The molecule has 1 aliphatic heterocycles. The molecule has 3 aromatic rings. The quantitative estimate of drug-likeness (QED) is 0.155. The van der Waals surface area contributed by atoms with Crippen LogP contribution < -0.4 is 15.0 Å². The molecule has 1 saturated heterocycles. The highest BCUT2D eigenvalue weighted by Gasteiger charge is 2.55. The van der Waals surface area contributed by atoms with Gasteiger partial charge in [-0.1, -0.05) is 28.8 Å². The molecular weight excluding hydrogens is 543 g/mol. The number of ether oxygens (including phenoxy) is 2. The maximum absolute atomic E-state index is 13.5. The van der Waals surface area contributed by atoms with Gasteiger partial charge in [-0.15, -0.1) is 0 Å². The zero-order valence-corrected chi connectivity index (χ0v) is 22.5. The second kappa shape index (κ2) is 10.9. The molecule has 3 N–H and O–H groups in total. The van der Waals surface area contributed by atoms with Gasteiger partial charge in [0.25, 0.3) is 0 Å². The Labute approximate surface area is 222 Å². The molecule has 3 heterocycles. The van der Waals surface area contributed by atoms with Crippen LogP contribution in [0.15, 0.2) is 35.7 Å². The molecule has 1 fully saturated rings. The van der Waals surface area contributed by atoms with Crippen LogP contribution in [-0.4, -0.2) is 62.2 Å². The van der Waals surface area contributed by atoms with Gasteiger partial charge in [0.05, 0.1) is 37.3 Å². The van der Waals surface area contributed by atoms with Crippen molar-refractivity contribution in [2.45, 2.75) is 50.8 Å². The average Bonchev–Trinajstić information content (AvgIpc) is 3.37. The minimum absolute atomic E-state index is 0.0824. The van der Waals surface area contributed by atoms with Crippen LogP contribution in [0.3, 0.4) is 0 Å². The number of aliphatic hydroxyl groups excluding tert-OH is 1. The van der Waals surface area contributed by atoms with E-state index in [0.717, 1.165) is 0 Å². The minimum Gasteiger partial charge on any atom is -0.479 e. The van der Waals surface area contributed by atoms with E-state index in [1.54, 1.807) is 32.0 Å². The summed E-state index contributed by atoms with van der Waals surface area (Å²) in [6, 6.07) is 6.37. The molecule has 38 heavy (non-hydrogen) atoms. The van der Waals surface area contributed by atoms with Gasteiger partial charge in [-0.05, 0) is 38.4 Å². The van der Waals surface area contributed by atoms with Crippen molar-refractivity contribution in [3.8, 4) is 11.6 Å². The van der Waals surface area contributed by atoms with Crippen LogP contribution in [0.1, 0.15) is 27.0 Å². The van der Waals surface area contributed by atoms with E-state index in [1.165, 1.54) is 31.0 Å². The summed E-state index contributed by atoms with van der Waals surface area (Å²) in [5, 5.41) is 15.2. The molecule has 204 valence electrons. The van der Waals surface area contributed by atoms with Crippen molar-refractivity contribution < 1.29 is 32.7 Å². The number of aromatic nitrogens is 4. The first-order chi connectivity index (χ1) is 18.0. The summed E-state index contributed by atoms with van der Waals surface area (Å²) in [5.74, 6) is 0.112. The number of aliphatic hydroxyl groups is 1. The van der Waals surface area contributed by atoms with E-state index in [-0.39, 0.29) is 33.8 Å². The van der Waals surface area contributed by atoms with Crippen LogP contribution in [0.25, 0.3) is 21.6 Å². The van der Waals surface area contributed by atoms with Crippen molar-refractivity contribution in [2.24, 2.45) is 5.11 Å². The second-order valence-corrected chi connectivity index (χ2v) is 10.7. The number of rotatable bonds is 10. The van der Waals surface area contributed by atoms with Crippen molar-refractivity contribution in [3.05, 3.63) is 46.1 Å². The van der Waals surface area contributed by atoms with Crippen LogP contribution >= 0.6 is 19.4 Å². The molecule has 0 radical (unpaired) electrons. The third-order valence-electron chi connectivity index (χ3n) is 5.65. The molecule has 1 aromatic carbocycles. The minimum atomic E-state index is -4.25. The molecule has 0 amide bonds. The van der Waals surface area contributed by atoms with Gasteiger partial charge in [-0.25, -0.2) is 9.55 Å². The van der Waals surface area contributed by atoms with Crippen molar-refractivity contribution in [3.63, 3.8) is 0 Å². The Hall–Kier alpha value is -3.16. The van der Waals surface area contributed by atoms with E-state index in [0.29, 0.717) is 0 Å². The average molecular weight is 569 g/mol. The summed E-state index contributed by atoms with van der Waals surface area (Å²) in [5.41, 5.74) is 14.0. The zero-order chi connectivity index (χ0) is 27.7. The van der Waals surface area contributed by atoms with Crippen LogP contribution in [0.5, 0.6) is 11.6 Å². The van der Waals surface area contributed by atoms with Gasteiger partial charge >= 0.3 is 7.82 Å². The number of benzene rings is 1. The summed E-state index contributed by atoms with van der Waals surface area (Å²) in [7, 11) is -2.85. The number of nitrogens with two attached hydrogens (primary N) is 1. The molecule has 0 saturated carbocycles. The maximum Gasteiger partial charge on any atom is 0.530 e. The molecule has 2 aromatic heterocycles. The molecule has 1 aliphatic rings. The first kappa shape index (κ1) is 27.9. The number of halogens is 1. The Morgan fingerprint density at radius 1 is 1.39 bits per heavy atom. The number of imidazole rings is 1. The SMILES string of the molecule is COc1nc(N)nc2c1ncn2[C@@H]1O[C@H](COP(=O)(Oc2ccccc2Cl)OC(C)C)[C@@H](O)[C@@]1(C)N=[N+]=[N-]. The number of nitrogens with zero attached hydrogens (tertiary/aromatic N) is 7. The summed E-state index contributed by atoms with van der Waals surface area (Å²) < 4.78 is 42.8. The predicted molar refractivity (Wildman–Crippen MR) is 136 cm³/mol. The number of hydrogen-bond acceptors (Lipinski definition) is 12. The fourth-order valence-corrected chi connectivity index (χ4v) is 5.57. The van der Waals surface area contributed by atoms with E-state index in [9.17, 15) is 15.2 Å². The van der Waals surface area contributed by atoms with Gasteiger partial charge in [0.1, 0.15) is 17.4 Å². The monoisotopic (exact) mass is 568 g/mol. The molecule has 1 unspecified atom stereocenters. The molecule has 15 nitrogen and oxygen atoms in total. The number of hydrogen-bond donors (Lipinski definition) is 2. The highest BCUT2D eigenvalue weighted by atomic mass is 35.5. The van der Waals surface area contributed by atoms with Gasteiger partial charge in [0.15, 0.2) is 17.4 Å². The lowest BCUT2D eigenvalue weighted by molar-refractivity contribution is -0.0465. The topological polar surface area (TPSA) is 202 Å². The number of fused-ring (bicyclic) bond motifs is 1. The highest BCUT2D eigenvalue weighted by Crippen LogP contribution is 2.53. The highest BCUT2D eigenvalue weighted by molar-refractivity contribution is 7.49. The Morgan fingerprint density at radius 3 is 2.79 bits per heavy atom. The van der Waals surface area contributed by atoms with E-state index >= 15 is 0 Å². The largest absolute Gasteiger partial charge is 0.530 e. The Morgan fingerprint density at radius 2 is 2.13 bits per heavy atom. The maximum atomic E-state index is 13.5. The summed E-state index contributed by atoms with van der Waals surface area (Å²) in [4.78, 5) is 15.3. The Bertz CT molecular complexity index is 1420. The second-order valence-electron chi connectivity index (χ2n) is 8.72. The molecule has 17 heteroatoms. The fourth-order valence-electron chi connectivity index (χ4n) is 3.94. The van der Waals surface area contributed by atoms with E-state index in [1.807, 2.05) is 0 Å². The predicted octanol–water partition coefficient (Wildman–Crippen LogP) is 4.03. The molecular formula is C21H26ClN8O7P. The number of nitrogen functional groups attached to an aromatic ring is 1. The number of azide groups is 1. The van der Waals surface area contributed by atoms with Crippen molar-refractivity contribution >= 4 is 36.5 Å². The van der Waals surface area contributed by atoms with Gasteiger partial charge in [0.2, 0.25) is 11.8 Å². The van der Waals surface area contributed by atoms with Crippen LogP contribution in [0, 0.1) is 0 Å². The van der Waals surface area contributed by atoms with Crippen molar-refractivity contribution in [1.29, 1.82) is 0 Å². The standard InChI is InChI=1S/C21H26ClN8O7P/c1-11(2)36-38(32,37-13-8-6-5-7-12(13)22)34-9-14-16(31)21(3,28-29-24)19(35-14)30-10-25-15-17(30)26-20(23)27-18(15)33-4/h5-8,10-11,14,16,19,31H,9H2,1-4H3,(H2,23,26,27)/t14-,16-,19-,21-,38?/m1/s1. The third-order valence-corrected chi connectivity index (χ3v) is 7.53. The van der Waals surface area contributed by atoms with Gasteiger partial charge in [-0.2, -0.15) is 9.97 Å². The molecule has 0 spiro atoms. The molecule has 5 atom stereocenters. The number of para-hydroxylation sites is 1. The summed E-state index contributed by atoms with van der Waals surface area (Å²) >= 11 is 6.14. The van der Waals surface area contributed by atoms with Crippen molar-refractivity contribution in [1.82, 2.24) is 19.5 Å². The zero-order valence-electron chi connectivity index (χ0n) is 20.8. The van der Waals surface area contributed by atoms with Crippen LogP contribution in [-0.2, 0) is 18.3 Å². The number of phosphoric acid groups is 1. The van der Waals surface area contributed by atoms with E-state index < -0.39 is 44.5 Å². The van der Waals surface area contributed by atoms with Gasteiger partial charge in [0, 0.05) is 4.91 Å². The normalized spacial score (nSPS) is 24.8. The lowest BCUT2D eigenvalue weighted by Crippen LogP contribution is -2.42. The first-order valence-electron chi connectivity index (χ1n) is 11.3. The molecule has 0 aliphatic carbocycles. The smallest absolute Gasteiger partial charge is 0.479 e. The van der Waals surface area contributed by atoms with Crippen LogP contribution in [0.4, 0.5) is 5.95 Å². The lowest BCUT2D eigenvalue weighted by Gasteiger charge is -2.28. The third kappa shape index (κ3) is 5.36. The number of anilines is 1. The van der Waals surface area contributed by atoms with Gasteiger partial charge in [-0.3, -0.25) is 13.6 Å².